The molecule has 5 heteroatoms. The molecule has 1 aliphatic carbocycles. The van der Waals surface area contributed by atoms with Crippen LogP contribution in [0.5, 0.6) is 0 Å². The van der Waals surface area contributed by atoms with E-state index in [9.17, 15) is 9.59 Å². The first-order valence-electron chi connectivity index (χ1n) is 6.43. The second-order valence-electron chi connectivity index (χ2n) is 6.15. The number of nitrogens with zero attached hydrogens (tertiary/aromatic N) is 1. The van der Waals surface area contributed by atoms with Crippen LogP contribution in [-0.2, 0) is 14.3 Å². The molecule has 0 aromatic rings. The highest BCUT2D eigenvalue weighted by Crippen LogP contribution is 2.37. The Morgan fingerprint density at radius 2 is 2.06 bits per heavy atom. The summed E-state index contributed by atoms with van der Waals surface area (Å²) in [4.78, 5) is 25.2. The molecule has 1 heterocycles. The van der Waals surface area contributed by atoms with Crippen molar-refractivity contribution >= 4 is 11.9 Å². The average Bonchev–Trinajstić information content (AvgIpc) is 2.37. The Balaban J connectivity index is 2.11. The van der Waals surface area contributed by atoms with Crippen molar-refractivity contribution in [2.75, 3.05) is 19.8 Å². The molecule has 0 N–H and O–H groups in total. The Morgan fingerprint density at radius 3 is 2.61 bits per heavy atom. The lowest BCUT2D eigenvalue weighted by atomic mass is 9.75. The van der Waals surface area contributed by atoms with Gasteiger partial charge in [0, 0.05) is 26.0 Å². The van der Waals surface area contributed by atoms with E-state index in [1.165, 1.54) is 0 Å². The molecule has 0 radical (unpaired) electrons. The van der Waals surface area contributed by atoms with Crippen molar-refractivity contribution in [3.8, 4) is 0 Å². The number of hydrogen-bond donors (Lipinski definition) is 0. The minimum Gasteiger partial charge on any atom is -0.444 e. The van der Waals surface area contributed by atoms with Crippen LogP contribution in [0.3, 0.4) is 0 Å². The van der Waals surface area contributed by atoms with Gasteiger partial charge in [0.1, 0.15) is 11.4 Å². The number of ketones is 1. The van der Waals surface area contributed by atoms with E-state index >= 15 is 0 Å². The van der Waals surface area contributed by atoms with Crippen molar-refractivity contribution in [1.82, 2.24) is 4.90 Å². The largest absolute Gasteiger partial charge is 0.444 e. The molecule has 0 aromatic carbocycles. The molecular weight excluding hydrogens is 234 g/mol. The van der Waals surface area contributed by atoms with Gasteiger partial charge in [0.25, 0.3) is 0 Å². The van der Waals surface area contributed by atoms with Gasteiger partial charge < -0.3 is 9.47 Å². The highest BCUT2D eigenvalue weighted by Gasteiger charge is 2.51. The summed E-state index contributed by atoms with van der Waals surface area (Å²) in [6.07, 6.45) is 1.24. The maximum absolute atomic E-state index is 12.2. The van der Waals surface area contributed by atoms with Crippen LogP contribution in [-0.4, -0.2) is 47.7 Å². The molecule has 2 aliphatic rings. The van der Waals surface area contributed by atoms with Crippen LogP contribution in [0.1, 0.15) is 40.0 Å². The van der Waals surface area contributed by atoms with Crippen LogP contribution in [0.2, 0.25) is 0 Å². The van der Waals surface area contributed by atoms with Crippen molar-refractivity contribution in [2.45, 2.75) is 51.2 Å². The number of Topliss-reactive ketones (excluding diaryl/α,β-unsaturated/α-hetero) is 1. The first kappa shape index (κ1) is 13.3. The molecule has 0 unspecified atom stereocenters. The third kappa shape index (κ3) is 2.66. The van der Waals surface area contributed by atoms with Crippen LogP contribution in [0.15, 0.2) is 0 Å². The summed E-state index contributed by atoms with van der Waals surface area (Å²) in [5.41, 5.74) is -0.963. The van der Waals surface area contributed by atoms with Crippen LogP contribution in [0.25, 0.3) is 0 Å². The highest BCUT2D eigenvalue weighted by atomic mass is 16.6. The van der Waals surface area contributed by atoms with Crippen molar-refractivity contribution in [1.29, 1.82) is 0 Å². The quantitative estimate of drug-likeness (QED) is 0.661. The standard InChI is InChI=1S/C13H21NO4/c1-12(2,3)18-11(16)14-5-4-6-17-9-13(14)7-10(15)8-13/h4-9H2,1-3H3. The molecule has 5 nitrogen and oxygen atoms in total. The summed E-state index contributed by atoms with van der Waals surface area (Å²) in [5.74, 6) is 0.189. The van der Waals surface area contributed by atoms with Gasteiger partial charge in [0.05, 0.1) is 12.1 Å². The second kappa shape index (κ2) is 4.53. The summed E-state index contributed by atoms with van der Waals surface area (Å²) >= 11 is 0. The van der Waals surface area contributed by atoms with E-state index < -0.39 is 11.1 Å². The van der Waals surface area contributed by atoms with E-state index in [2.05, 4.69) is 0 Å². The molecule has 18 heavy (non-hydrogen) atoms. The summed E-state index contributed by atoms with van der Waals surface area (Å²) in [5, 5.41) is 0. The Morgan fingerprint density at radius 1 is 1.39 bits per heavy atom. The van der Waals surface area contributed by atoms with Gasteiger partial charge in [-0.15, -0.1) is 0 Å². The molecule has 1 amide bonds. The number of carbonyl (C=O) groups excluding carboxylic acids is 2. The van der Waals surface area contributed by atoms with Crippen molar-refractivity contribution in [3.05, 3.63) is 0 Å². The molecule has 2 rings (SSSR count). The fraction of sp³-hybridized carbons (Fsp3) is 0.846. The third-order valence-corrected chi connectivity index (χ3v) is 3.28. The lowest BCUT2D eigenvalue weighted by Gasteiger charge is -2.47. The van der Waals surface area contributed by atoms with Crippen LogP contribution >= 0.6 is 0 Å². The van der Waals surface area contributed by atoms with Crippen LogP contribution in [0.4, 0.5) is 4.79 Å². The molecule has 102 valence electrons. The predicted molar refractivity (Wildman–Crippen MR) is 65.3 cm³/mol. The monoisotopic (exact) mass is 255 g/mol. The van der Waals surface area contributed by atoms with Gasteiger partial charge in [0.2, 0.25) is 0 Å². The van der Waals surface area contributed by atoms with E-state index in [0.717, 1.165) is 6.42 Å². The van der Waals surface area contributed by atoms with Gasteiger partial charge in [-0.2, -0.15) is 0 Å². The van der Waals surface area contributed by atoms with E-state index in [1.54, 1.807) is 4.90 Å². The molecule has 0 bridgehead atoms. The Bertz CT molecular complexity index is 350. The molecule has 1 spiro atoms. The maximum Gasteiger partial charge on any atom is 0.410 e. The average molecular weight is 255 g/mol. The third-order valence-electron chi connectivity index (χ3n) is 3.28. The molecule has 2 fully saturated rings. The summed E-state index contributed by atoms with van der Waals surface area (Å²) in [6, 6.07) is 0. The van der Waals surface area contributed by atoms with Gasteiger partial charge in [-0.3, -0.25) is 9.69 Å². The number of hydrogen-bond acceptors (Lipinski definition) is 4. The number of rotatable bonds is 0. The highest BCUT2D eigenvalue weighted by molar-refractivity contribution is 5.89. The minimum atomic E-state index is -0.515. The zero-order chi connectivity index (χ0) is 13.4. The zero-order valence-electron chi connectivity index (χ0n) is 11.3. The smallest absolute Gasteiger partial charge is 0.410 e. The van der Waals surface area contributed by atoms with Crippen LogP contribution in [0, 0.1) is 0 Å². The first-order chi connectivity index (χ1) is 8.32. The van der Waals surface area contributed by atoms with E-state index in [-0.39, 0.29) is 11.9 Å². The number of carbonyl (C=O) groups is 2. The van der Waals surface area contributed by atoms with Gasteiger partial charge in [-0.1, -0.05) is 0 Å². The maximum atomic E-state index is 12.2. The van der Waals surface area contributed by atoms with Crippen molar-refractivity contribution in [3.63, 3.8) is 0 Å². The molecule has 1 saturated heterocycles. The normalized spacial score (nSPS) is 23.5. The predicted octanol–water partition coefficient (Wildman–Crippen LogP) is 1.75. The van der Waals surface area contributed by atoms with Gasteiger partial charge in [-0.25, -0.2) is 4.79 Å². The lowest BCUT2D eigenvalue weighted by molar-refractivity contribution is -0.137. The van der Waals surface area contributed by atoms with E-state index in [1.807, 2.05) is 20.8 Å². The Kier molecular flexibility index (Phi) is 3.36. The molecule has 1 saturated carbocycles. The van der Waals surface area contributed by atoms with Gasteiger partial charge in [-0.05, 0) is 27.2 Å². The number of amides is 1. The van der Waals surface area contributed by atoms with Gasteiger partial charge >= 0.3 is 6.09 Å². The molecule has 0 aromatic heterocycles. The summed E-state index contributed by atoms with van der Waals surface area (Å²) in [6.45, 7) is 7.21. The molecular formula is C13H21NO4. The zero-order valence-corrected chi connectivity index (χ0v) is 11.3. The number of ether oxygens (including phenoxy) is 2. The first-order valence-corrected chi connectivity index (χ1v) is 6.43. The molecule has 0 atom stereocenters. The second-order valence-corrected chi connectivity index (χ2v) is 6.15. The summed E-state index contributed by atoms with van der Waals surface area (Å²) in [7, 11) is 0. The summed E-state index contributed by atoms with van der Waals surface area (Å²) < 4.78 is 10.9. The Hall–Kier alpha value is -1.10. The lowest BCUT2D eigenvalue weighted by Crippen LogP contribution is -2.62. The topological polar surface area (TPSA) is 55.8 Å². The minimum absolute atomic E-state index is 0.189. The fourth-order valence-electron chi connectivity index (χ4n) is 2.48. The van der Waals surface area contributed by atoms with Crippen molar-refractivity contribution in [2.24, 2.45) is 0 Å². The Labute approximate surface area is 107 Å². The van der Waals surface area contributed by atoms with Crippen LogP contribution < -0.4 is 0 Å². The fourth-order valence-corrected chi connectivity index (χ4v) is 2.48. The van der Waals surface area contributed by atoms with E-state index in [4.69, 9.17) is 9.47 Å². The molecule has 1 aliphatic heterocycles. The van der Waals surface area contributed by atoms with E-state index in [0.29, 0.717) is 32.6 Å². The van der Waals surface area contributed by atoms with Crippen molar-refractivity contribution < 1.29 is 19.1 Å². The SMILES string of the molecule is CC(C)(C)OC(=O)N1CCCOCC12CC(=O)C2. The van der Waals surface area contributed by atoms with Gasteiger partial charge in [0.15, 0.2) is 0 Å².